The molecule has 0 unspecified atom stereocenters. The number of carbonyl (C=O) groups is 1. The third-order valence-corrected chi connectivity index (χ3v) is 1.60. The second-order valence-corrected chi connectivity index (χ2v) is 3.39. The monoisotopic (exact) mass is 203 g/mol. The Kier molecular flexibility index (Phi) is 1.65. The fourth-order valence-electron chi connectivity index (χ4n) is 0.678. The predicted molar refractivity (Wildman–Crippen MR) is 46.5 cm³/mol. The van der Waals surface area contributed by atoms with E-state index in [9.17, 15) is 13.2 Å². The van der Waals surface area contributed by atoms with E-state index in [0.717, 1.165) is 6.20 Å². The SMILES string of the molecule is [2H]C([2H])([2H])S(=O)(=O)NC(=O)c1cccnc1. The lowest BCUT2D eigenvalue weighted by Gasteiger charge is -2.00. The Balaban J connectivity index is 2.89. The largest absolute Gasteiger partial charge is 0.268 e. The summed E-state index contributed by atoms with van der Waals surface area (Å²) in [5.74, 6) is -1.02. The predicted octanol–water partition coefficient (Wildman–Crippen LogP) is -0.229. The molecule has 0 aliphatic heterocycles. The number of hydrogen-bond acceptors (Lipinski definition) is 4. The van der Waals surface area contributed by atoms with Crippen LogP contribution in [0.1, 0.15) is 14.5 Å². The highest BCUT2D eigenvalue weighted by Gasteiger charge is 2.09. The summed E-state index contributed by atoms with van der Waals surface area (Å²) in [6, 6.07) is 2.74. The van der Waals surface area contributed by atoms with E-state index in [4.69, 9.17) is 4.11 Å². The molecule has 0 aliphatic rings. The molecule has 5 nitrogen and oxygen atoms in total. The fourth-order valence-corrected chi connectivity index (χ4v) is 1.04. The van der Waals surface area contributed by atoms with E-state index >= 15 is 0 Å². The molecule has 0 saturated heterocycles. The average Bonchev–Trinajstić information content (AvgIpc) is 2.16. The van der Waals surface area contributed by atoms with Gasteiger partial charge in [-0.25, -0.2) is 13.1 Å². The molecule has 1 heterocycles. The van der Waals surface area contributed by atoms with Crippen LogP contribution in [0.5, 0.6) is 0 Å². The highest BCUT2D eigenvalue weighted by atomic mass is 32.2. The maximum absolute atomic E-state index is 11.3. The molecule has 13 heavy (non-hydrogen) atoms. The standard InChI is InChI=1S/C7H8N2O3S/c1-13(11,12)9-7(10)6-3-2-4-8-5-6/h2-5H,1H3,(H,9,10)/i1D3. The molecule has 0 atom stereocenters. The van der Waals surface area contributed by atoms with Gasteiger partial charge in [0.1, 0.15) is 0 Å². The number of rotatable bonds is 2. The van der Waals surface area contributed by atoms with Crippen molar-refractivity contribution in [1.29, 1.82) is 0 Å². The second-order valence-electron chi connectivity index (χ2n) is 2.18. The Hall–Kier alpha value is -1.43. The number of aromatic nitrogens is 1. The van der Waals surface area contributed by atoms with Crippen LogP contribution < -0.4 is 4.72 Å². The number of sulfonamides is 1. The molecule has 1 aromatic rings. The van der Waals surface area contributed by atoms with Crippen LogP contribution in [0.2, 0.25) is 0 Å². The third kappa shape index (κ3) is 3.20. The molecule has 0 spiro atoms. The van der Waals surface area contributed by atoms with Gasteiger partial charge in [0.05, 0.1) is 11.7 Å². The quantitative estimate of drug-likeness (QED) is 0.720. The van der Waals surface area contributed by atoms with Gasteiger partial charge in [-0.15, -0.1) is 0 Å². The second kappa shape index (κ2) is 3.53. The van der Waals surface area contributed by atoms with E-state index in [-0.39, 0.29) is 5.56 Å². The average molecular weight is 203 g/mol. The Labute approximate surface area is 80.1 Å². The first-order valence-corrected chi connectivity index (χ1v) is 4.69. The van der Waals surface area contributed by atoms with Gasteiger partial charge < -0.3 is 0 Å². The topological polar surface area (TPSA) is 76.1 Å². The molecular formula is C7H8N2O3S. The molecule has 0 fully saturated rings. The van der Waals surface area contributed by atoms with E-state index in [1.165, 1.54) is 23.1 Å². The lowest BCUT2D eigenvalue weighted by atomic mass is 10.3. The van der Waals surface area contributed by atoms with Gasteiger partial charge in [-0.1, -0.05) is 0 Å². The van der Waals surface area contributed by atoms with Gasteiger partial charge in [0, 0.05) is 16.5 Å². The molecule has 1 N–H and O–H groups in total. The molecule has 0 bridgehead atoms. The summed E-state index contributed by atoms with van der Waals surface area (Å²) in [5, 5.41) is 0. The van der Waals surface area contributed by atoms with Gasteiger partial charge >= 0.3 is 0 Å². The number of carbonyl (C=O) groups excluding carboxylic acids is 1. The molecule has 0 radical (unpaired) electrons. The zero-order valence-electron chi connectivity index (χ0n) is 9.39. The molecule has 70 valence electrons. The Morgan fingerprint density at radius 3 is 3.00 bits per heavy atom. The Morgan fingerprint density at radius 1 is 1.69 bits per heavy atom. The lowest BCUT2D eigenvalue weighted by Crippen LogP contribution is -2.29. The van der Waals surface area contributed by atoms with Gasteiger partial charge in [-0.05, 0) is 12.1 Å². The molecule has 0 saturated carbocycles. The van der Waals surface area contributed by atoms with Crippen LogP contribution in [0.4, 0.5) is 0 Å². The minimum atomic E-state index is -4.67. The van der Waals surface area contributed by atoms with Gasteiger partial charge in [0.15, 0.2) is 0 Å². The maximum atomic E-state index is 11.3. The van der Waals surface area contributed by atoms with Crippen LogP contribution in [-0.4, -0.2) is 25.5 Å². The highest BCUT2D eigenvalue weighted by molar-refractivity contribution is 7.89. The minimum Gasteiger partial charge on any atom is -0.268 e. The van der Waals surface area contributed by atoms with Crippen LogP contribution in [-0.2, 0) is 10.0 Å². The van der Waals surface area contributed by atoms with Crippen LogP contribution in [0.25, 0.3) is 0 Å². The van der Waals surface area contributed by atoms with Gasteiger partial charge in [-0.3, -0.25) is 9.78 Å². The molecule has 0 aromatic carbocycles. The van der Waals surface area contributed by atoms with Crippen molar-refractivity contribution in [3.8, 4) is 0 Å². The Bertz CT molecular complexity index is 483. The normalized spacial score (nSPS) is 15.2. The van der Waals surface area contributed by atoms with E-state index in [1.807, 2.05) is 0 Å². The fraction of sp³-hybridized carbons (Fsp3) is 0.143. The third-order valence-electron chi connectivity index (χ3n) is 1.15. The van der Waals surface area contributed by atoms with Crippen LogP contribution in [0.15, 0.2) is 24.5 Å². The van der Waals surface area contributed by atoms with Gasteiger partial charge in [0.2, 0.25) is 10.0 Å². The lowest BCUT2D eigenvalue weighted by molar-refractivity contribution is 0.0981. The summed E-state index contributed by atoms with van der Waals surface area (Å²) in [7, 11) is -4.67. The summed E-state index contributed by atoms with van der Waals surface area (Å²) in [6.45, 7) is 0. The van der Waals surface area contributed by atoms with E-state index < -0.39 is 22.1 Å². The maximum Gasteiger partial charge on any atom is 0.266 e. The first-order valence-electron chi connectivity index (χ1n) is 4.71. The van der Waals surface area contributed by atoms with E-state index in [2.05, 4.69) is 4.98 Å². The first-order chi connectivity index (χ1) is 7.24. The summed E-state index contributed by atoms with van der Waals surface area (Å²) >= 11 is 0. The van der Waals surface area contributed by atoms with E-state index in [1.54, 1.807) is 0 Å². The van der Waals surface area contributed by atoms with Crippen molar-refractivity contribution < 1.29 is 17.3 Å². The van der Waals surface area contributed by atoms with Crippen LogP contribution >= 0.6 is 0 Å². The molecule has 1 aromatic heterocycles. The summed E-state index contributed by atoms with van der Waals surface area (Å²) in [5.41, 5.74) is -0.0321. The van der Waals surface area contributed by atoms with Crippen molar-refractivity contribution in [2.75, 3.05) is 6.18 Å². The number of amides is 1. The molecule has 6 heteroatoms. The first kappa shape index (κ1) is 6.09. The van der Waals surface area contributed by atoms with Crippen molar-refractivity contribution in [3.05, 3.63) is 30.1 Å². The van der Waals surface area contributed by atoms with Crippen molar-refractivity contribution in [2.24, 2.45) is 0 Å². The number of nitrogens with zero attached hydrogens (tertiary/aromatic N) is 1. The van der Waals surface area contributed by atoms with Crippen molar-refractivity contribution >= 4 is 15.9 Å². The zero-order valence-corrected chi connectivity index (χ0v) is 7.21. The zero-order chi connectivity index (χ0) is 12.4. The van der Waals surface area contributed by atoms with Crippen molar-refractivity contribution in [3.63, 3.8) is 0 Å². The van der Waals surface area contributed by atoms with Gasteiger partial charge in [-0.2, -0.15) is 0 Å². The molecule has 0 aliphatic carbocycles. The summed E-state index contributed by atoms with van der Waals surface area (Å²) in [4.78, 5) is 14.9. The number of hydrogen-bond donors (Lipinski definition) is 1. The smallest absolute Gasteiger partial charge is 0.266 e. The van der Waals surface area contributed by atoms with Crippen LogP contribution in [0.3, 0.4) is 0 Å². The number of pyridine rings is 1. The Morgan fingerprint density at radius 2 is 2.46 bits per heavy atom. The number of nitrogens with one attached hydrogen (secondary N) is 1. The van der Waals surface area contributed by atoms with Gasteiger partial charge in [0.25, 0.3) is 5.91 Å². The minimum absolute atomic E-state index is 0.0321. The van der Waals surface area contributed by atoms with E-state index in [0.29, 0.717) is 0 Å². The molecule has 1 rings (SSSR count). The van der Waals surface area contributed by atoms with Crippen molar-refractivity contribution in [1.82, 2.24) is 9.71 Å². The molecule has 1 amide bonds. The van der Waals surface area contributed by atoms with Crippen molar-refractivity contribution in [2.45, 2.75) is 0 Å². The van der Waals surface area contributed by atoms with Crippen LogP contribution in [0, 0.1) is 0 Å². The highest BCUT2D eigenvalue weighted by Crippen LogP contribution is 1.95. The summed E-state index contributed by atoms with van der Waals surface area (Å²) in [6.07, 6.45) is -0.746. The molecular weight excluding hydrogens is 192 g/mol. The summed E-state index contributed by atoms with van der Waals surface area (Å²) < 4.78 is 43.8.